The van der Waals surface area contributed by atoms with Crippen molar-refractivity contribution < 1.29 is 19.0 Å². The van der Waals surface area contributed by atoms with Gasteiger partial charge in [-0.05, 0) is 42.8 Å². The first kappa shape index (κ1) is 16.2. The second-order valence-electron chi connectivity index (χ2n) is 5.88. The van der Waals surface area contributed by atoms with Crippen LogP contribution in [0.4, 0.5) is 10.2 Å². The van der Waals surface area contributed by atoms with E-state index in [0.717, 1.165) is 5.82 Å². The maximum absolute atomic E-state index is 13.2. The van der Waals surface area contributed by atoms with Crippen LogP contribution in [0.5, 0.6) is 5.75 Å². The molecule has 1 fully saturated rings. The van der Waals surface area contributed by atoms with Gasteiger partial charge in [-0.3, -0.25) is 0 Å². The molecule has 0 amide bonds. The molecule has 0 unspecified atom stereocenters. The number of rotatable bonds is 4. The Bertz CT molecular complexity index is 731. The van der Waals surface area contributed by atoms with E-state index in [2.05, 4.69) is 10.2 Å². The van der Waals surface area contributed by atoms with Crippen LogP contribution in [0.3, 0.4) is 0 Å². The molecule has 1 aromatic carbocycles. The van der Waals surface area contributed by atoms with E-state index in [1.807, 2.05) is 11.0 Å². The fraction of sp³-hybridized carbons (Fsp3) is 0.353. The summed E-state index contributed by atoms with van der Waals surface area (Å²) in [5, 5.41) is 17.6. The normalized spacial score (nSPS) is 16.7. The summed E-state index contributed by atoms with van der Waals surface area (Å²) in [6.45, 7) is 2.68. The van der Waals surface area contributed by atoms with Crippen LogP contribution < -0.4 is 9.64 Å². The fourth-order valence-corrected chi connectivity index (χ4v) is 2.86. The maximum atomic E-state index is 13.2. The highest BCUT2D eigenvalue weighted by molar-refractivity contribution is 5.78. The number of halogens is 1. The van der Waals surface area contributed by atoms with Crippen molar-refractivity contribution in [2.24, 2.45) is 0 Å². The Morgan fingerprint density at radius 3 is 2.67 bits per heavy atom. The molecule has 0 bridgehead atoms. The van der Waals surface area contributed by atoms with Crippen molar-refractivity contribution in [2.75, 3.05) is 18.0 Å². The van der Waals surface area contributed by atoms with Crippen molar-refractivity contribution in [1.82, 2.24) is 10.2 Å². The number of anilines is 1. The van der Waals surface area contributed by atoms with E-state index in [0.29, 0.717) is 37.2 Å². The number of aliphatic carboxylic acids is 1. The summed E-state index contributed by atoms with van der Waals surface area (Å²) in [6.07, 6.45) is 2.20. The van der Waals surface area contributed by atoms with E-state index < -0.39 is 11.6 Å². The Morgan fingerprint density at radius 2 is 2.08 bits per heavy atom. The molecule has 126 valence electrons. The van der Waals surface area contributed by atoms with Crippen LogP contribution >= 0.6 is 0 Å². The molecular weight excluding hydrogens is 313 g/mol. The maximum Gasteiger partial charge on any atom is 0.348 e. The summed E-state index contributed by atoms with van der Waals surface area (Å²) >= 11 is 0. The number of aryl methyl sites for hydroxylation is 1. The van der Waals surface area contributed by atoms with Gasteiger partial charge in [0.1, 0.15) is 11.6 Å². The van der Waals surface area contributed by atoms with Gasteiger partial charge in [0, 0.05) is 32.1 Å². The average molecular weight is 331 g/mol. The van der Waals surface area contributed by atoms with E-state index in [9.17, 15) is 14.3 Å². The molecular formula is C17H18FN3O3. The smallest absolute Gasteiger partial charge is 0.348 e. The molecule has 1 saturated heterocycles. The highest BCUT2D eigenvalue weighted by Crippen LogP contribution is 2.32. The predicted molar refractivity (Wildman–Crippen MR) is 85.6 cm³/mol. The first-order chi connectivity index (χ1) is 11.5. The minimum atomic E-state index is -1.32. The first-order valence-electron chi connectivity index (χ1n) is 7.71. The lowest BCUT2D eigenvalue weighted by atomic mass is 9.91. The molecule has 0 spiro atoms. The number of hydrogen-bond acceptors (Lipinski definition) is 5. The summed E-state index contributed by atoms with van der Waals surface area (Å²) in [6, 6.07) is 7.71. The summed E-state index contributed by atoms with van der Waals surface area (Å²) in [7, 11) is 0. The van der Waals surface area contributed by atoms with Gasteiger partial charge in [0.2, 0.25) is 5.60 Å². The van der Waals surface area contributed by atoms with Crippen LogP contribution in [0.25, 0.3) is 0 Å². The van der Waals surface area contributed by atoms with E-state index in [1.165, 1.54) is 18.2 Å². The van der Waals surface area contributed by atoms with Gasteiger partial charge in [-0.1, -0.05) is 0 Å². The number of aromatic nitrogens is 2. The topological polar surface area (TPSA) is 75.6 Å². The molecule has 0 aliphatic carbocycles. The molecule has 3 rings (SSSR count). The highest BCUT2D eigenvalue weighted by atomic mass is 19.1. The summed E-state index contributed by atoms with van der Waals surface area (Å²) in [4.78, 5) is 13.8. The lowest BCUT2D eigenvalue weighted by Gasteiger charge is -2.39. The molecule has 7 heteroatoms. The van der Waals surface area contributed by atoms with Gasteiger partial charge in [0.05, 0.1) is 0 Å². The number of carboxylic acid groups (broad SMARTS) is 1. The molecule has 6 nitrogen and oxygen atoms in total. The van der Waals surface area contributed by atoms with Crippen molar-refractivity contribution in [2.45, 2.75) is 25.4 Å². The van der Waals surface area contributed by atoms with Crippen molar-refractivity contribution in [3.8, 4) is 5.75 Å². The molecule has 1 aliphatic rings. The minimum Gasteiger partial charge on any atom is -0.478 e. The standard InChI is InChI=1S/C17H18FN3O3/c1-12-11-13(18)4-5-14(12)24-17(16(22)23)6-9-21(10-7-17)15-3-2-8-19-20-15/h2-5,8,11H,6-7,9-10H2,1H3,(H,22,23). The third-order valence-electron chi connectivity index (χ3n) is 4.29. The number of carbonyl (C=O) groups is 1. The molecule has 0 saturated carbocycles. The number of benzene rings is 1. The third-order valence-corrected chi connectivity index (χ3v) is 4.29. The number of nitrogens with zero attached hydrogens (tertiary/aromatic N) is 3. The number of ether oxygens (including phenoxy) is 1. The lowest BCUT2D eigenvalue weighted by Crippen LogP contribution is -2.53. The van der Waals surface area contributed by atoms with Crippen molar-refractivity contribution in [3.63, 3.8) is 0 Å². The van der Waals surface area contributed by atoms with E-state index in [-0.39, 0.29) is 5.82 Å². The Kier molecular flexibility index (Phi) is 4.33. The molecule has 1 aromatic heterocycles. The number of hydrogen-bond donors (Lipinski definition) is 1. The third kappa shape index (κ3) is 3.15. The Hall–Kier alpha value is -2.70. The molecule has 1 aliphatic heterocycles. The Balaban J connectivity index is 1.78. The molecule has 0 radical (unpaired) electrons. The Morgan fingerprint density at radius 1 is 1.33 bits per heavy atom. The molecule has 2 aromatic rings. The second-order valence-corrected chi connectivity index (χ2v) is 5.88. The molecule has 24 heavy (non-hydrogen) atoms. The second kappa shape index (κ2) is 6.43. The highest BCUT2D eigenvalue weighted by Gasteiger charge is 2.44. The Labute approximate surface area is 138 Å². The summed E-state index contributed by atoms with van der Waals surface area (Å²) in [5.41, 5.74) is -0.742. The van der Waals surface area contributed by atoms with Gasteiger partial charge in [0.15, 0.2) is 5.82 Å². The van der Waals surface area contributed by atoms with Gasteiger partial charge in [-0.25, -0.2) is 9.18 Å². The van der Waals surface area contributed by atoms with Gasteiger partial charge in [-0.15, -0.1) is 5.10 Å². The van der Waals surface area contributed by atoms with E-state index >= 15 is 0 Å². The summed E-state index contributed by atoms with van der Waals surface area (Å²) in [5.74, 6) is -0.270. The lowest BCUT2D eigenvalue weighted by molar-refractivity contribution is -0.157. The van der Waals surface area contributed by atoms with Crippen molar-refractivity contribution in [3.05, 3.63) is 47.9 Å². The quantitative estimate of drug-likeness (QED) is 0.927. The predicted octanol–water partition coefficient (Wildman–Crippen LogP) is 2.43. The largest absolute Gasteiger partial charge is 0.478 e. The van der Waals surface area contributed by atoms with Crippen LogP contribution in [0.1, 0.15) is 18.4 Å². The first-order valence-corrected chi connectivity index (χ1v) is 7.71. The monoisotopic (exact) mass is 331 g/mol. The SMILES string of the molecule is Cc1cc(F)ccc1OC1(C(=O)O)CCN(c2cccnn2)CC1. The van der Waals surface area contributed by atoms with E-state index in [1.54, 1.807) is 19.2 Å². The van der Waals surface area contributed by atoms with Crippen LogP contribution in [-0.4, -0.2) is 40.0 Å². The van der Waals surface area contributed by atoms with E-state index in [4.69, 9.17) is 4.74 Å². The van der Waals surface area contributed by atoms with Gasteiger partial charge in [-0.2, -0.15) is 5.10 Å². The zero-order valence-electron chi connectivity index (χ0n) is 13.3. The zero-order valence-corrected chi connectivity index (χ0v) is 13.3. The van der Waals surface area contributed by atoms with Crippen LogP contribution in [0, 0.1) is 12.7 Å². The average Bonchev–Trinajstić information content (AvgIpc) is 2.59. The van der Waals surface area contributed by atoms with Gasteiger partial charge < -0.3 is 14.7 Å². The fourth-order valence-electron chi connectivity index (χ4n) is 2.86. The number of carboxylic acids is 1. The van der Waals surface area contributed by atoms with Gasteiger partial charge in [0.25, 0.3) is 0 Å². The van der Waals surface area contributed by atoms with Crippen LogP contribution in [0.2, 0.25) is 0 Å². The van der Waals surface area contributed by atoms with Crippen molar-refractivity contribution >= 4 is 11.8 Å². The van der Waals surface area contributed by atoms with Gasteiger partial charge >= 0.3 is 5.97 Å². The van der Waals surface area contributed by atoms with Crippen molar-refractivity contribution in [1.29, 1.82) is 0 Å². The van der Waals surface area contributed by atoms with Crippen LogP contribution in [0.15, 0.2) is 36.5 Å². The minimum absolute atomic E-state index is 0.301. The summed E-state index contributed by atoms with van der Waals surface area (Å²) < 4.78 is 19.1. The molecule has 1 N–H and O–H groups in total. The molecule has 0 atom stereocenters. The number of piperidine rings is 1. The van der Waals surface area contributed by atoms with Crippen LogP contribution in [-0.2, 0) is 4.79 Å². The molecule has 2 heterocycles. The zero-order chi connectivity index (χ0) is 17.2.